The van der Waals surface area contributed by atoms with Crippen LogP contribution in [0.1, 0.15) is 50.5 Å². The summed E-state index contributed by atoms with van der Waals surface area (Å²) in [6.07, 6.45) is 7.17. The van der Waals surface area contributed by atoms with Crippen molar-refractivity contribution >= 4 is 5.91 Å². The van der Waals surface area contributed by atoms with Gasteiger partial charge in [-0.1, -0.05) is 37.5 Å². The molecule has 1 saturated heterocycles. The number of nitrogens with zero attached hydrogens (tertiary/aromatic N) is 1. The van der Waals surface area contributed by atoms with Gasteiger partial charge in [0.1, 0.15) is 5.82 Å². The van der Waals surface area contributed by atoms with Crippen LogP contribution < -0.4 is 5.32 Å². The summed E-state index contributed by atoms with van der Waals surface area (Å²) in [4.78, 5) is 14.5. The smallest absolute Gasteiger partial charge is 0.224 e. The van der Waals surface area contributed by atoms with Gasteiger partial charge in [0, 0.05) is 25.7 Å². The highest BCUT2D eigenvalue weighted by Crippen LogP contribution is 2.29. The molecule has 1 saturated carbocycles. The van der Waals surface area contributed by atoms with Crippen LogP contribution >= 0.6 is 0 Å². The van der Waals surface area contributed by atoms with Crippen LogP contribution in [0, 0.1) is 5.82 Å². The molecule has 3 rings (SSSR count). The number of carbonyl (C=O) groups is 1. The van der Waals surface area contributed by atoms with Crippen molar-refractivity contribution in [2.24, 2.45) is 0 Å². The monoisotopic (exact) mass is 348 g/mol. The topological polar surface area (TPSA) is 52.6 Å². The van der Waals surface area contributed by atoms with Crippen molar-refractivity contribution in [3.8, 4) is 0 Å². The summed E-state index contributed by atoms with van der Waals surface area (Å²) in [7, 11) is 0. The van der Waals surface area contributed by atoms with Crippen LogP contribution in [0.25, 0.3) is 0 Å². The molecule has 0 unspecified atom stereocenters. The summed E-state index contributed by atoms with van der Waals surface area (Å²) in [5.74, 6) is -0.442. The average molecular weight is 348 g/mol. The first-order valence-corrected chi connectivity index (χ1v) is 9.52. The second-order valence-electron chi connectivity index (χ2n) is 7.67. The highest BCUT2D eigenvalue weighted by atomic mass is 19.1. The fraction of sp³-hybridized carbons (Fsp3) is 0.650. The van der Waals surface area contributed by atoms with Crippen LogP contribution in [-0.4, -0.2) is 47.2 Å². The van der Waals surface area contributed by atoms with Crippen molar-refractivity contribution in [2.75, 3.05) is 19.6 Å². The molecule has 1 aromatic carbocycles. The van der Waals surface area contributed by atoms with Gasteiger partial charge in [0.15, 0.2) is 0 Å². The number of piperidine rings is 1. The minimum atomic E-state index is -0.515. The third kappa shape index (κ3) is 5.25. The number of rotatable bonds is 5. The molecule has 2 aliphatic rings. The van der Waals surface area contributed by atoms with E-state index >= 15 is 0 Å². The van der Waals surface area contributed by atoms with E-state index in [1.165, 1.54) is 12.5 Å². The first kappa shape index (κ1) is 18.3. The van der Waals surface area contributed by atoms with Gasteiger partial charge in [-0.15, -0.1) is 0 Å². The van der Waals surface area contributed by atoms with Gasteiger partial charge in [0.2, 0.25) is 5.91 Å². The molecule has 5 heteroatoms. The van der Waals surface area contributed by atoms with Crippen LogP contribution in [0.15, 0.2) is 24.3 Å². The number of hydrogen-bond acceptors (Lipinski definition) is 3. The van der Waals surface area contributed by atoms with Gasteiger partial charge in [-0.05, 0) is 37.3 Å². The number of hydrogen-bond donors (Lipinski definition) is 2. The summed E-state index contributed by atoms with van der Waals surface area (Å²) in [5.41, 5.74) is -0.0731. The minimum absolute atomic E-state index is 0.0899. The Balaban J connectivity index is 1.41. The molecular formula is C20H29FN2O2. The number of amides is 1. The molecule has 2 N–H and O–H groups in total. The van der Waals surface area contributed by atoms with Crippen molar-refractivity contribution in [1.82, 2.24) is 10.2 Å². The van der Waals surface area contributed by atoms with Crippen molar-refractivity contribution in [1.29, 1.82) is 0 Å². The van der Waals surface area contributed by atoms with E-state index in [0.717, 1.165) is 58.2 Å². The van der Waals surface area contributed by atoms with E-state index in [1.807, 2.05) is 0 Å². The van der Waals surface area contributed by atoms with Gasteiger partial charge in [-0.2, -0.15) is 0 Å². The highest BCUT2D eigenvalue weighted by Gasteiger charge is 2.32. The number of halogens is 1. The lowest BCUT2D eigenvalue weighted by atomic mass is 9.84. The van der Waals surface area contributed by atoms with Gasteiger partial charge < -0.3 is 15.3 Å². The van der Waals surface area contributed by atoms with E-state index in [9.17, 15) is 14.3 Å². The normalized spacial score (nSPS) is 21.8. The quantitative estimate of drug-likeness (QED) is 0.860. The molecule has 4 nitrogen and oxygen atoms in total. The zero-order chi connectivity index (χ0) is 17.7. The Morgan fingerprint density at radius 3 is 2.56 bits per heavy atom. The van der Waals surface area contributed by atoms with E-state index in [1.54, 1.807) is 18.2 Å². The highest BCUT2D eigenvalue weighted by molar-refractivity contribution is 5.78. The van der Waals surface area contributed by atoms with Crippen molar-refractivity contribution < 1.29 is 14.3 Å². The molecule has 1 aromatic rings. The number of nitrogens with one attached hydrogen (secondary N) is 1. The Morgan fingerprint density at radius 2 is 1.88 bits per heavy atom. The maximum atomic E-state index is 13.6. The SMILES string of the molecule is O=C(Cc1ccccc1F)NC1CCN(CC2(O)CCCCC2)CC1. The van der Waals surface area contributed by atoms with Gasteiger partial charge in [0.05, 0.1) is 12.0 Å². The average Bonchev–Trinajstić information content (AvgIpc) is 2.59. The first-order valence-electron chi connectivity index (χ1n) is 9.52. The Hall–Kier alpha value is -1.46. The third-order valence-corrected chi connectivity index (χ3v) is 5.56. The Morgan fingerprint density at radius 1 is 1.20 bits per heavy atom. The molecule has 0 spiro atoms. The van der Waals surface area contributed by atoms with Crippen molar-refractivity contribution in [3.05, 3.63) is 35.6 Å². The molecule has 1 aliphatic heterocycles. The molecule has 138 valence electrons. The van der Waals surface area contributed by atoms with E-state index in [-0.39, 0.29) is 24.2 Å². The fourth-order valence-corrected chi connectivity index (χ4v) is 4.11. The van der Waals surface area contributed by atoms with E-state index in [4.69, 9.17) is 0 Å². The lowest BCUT2D eigenvalue weighted by molar-refractivity contribution is -0.121. The van der Waals surface area contributed by atoms with Crippen LogP contribution in [0.3, 0.4) is 0 Å². The van der Waals surface area contributed by atoms with Crippen LogP contribution in [-0.2, 0) is 11.2 Å². The van der Waals surface area contributed by atoms with Gasteiger partial charge >= 0.3 is 0 Å². The van der Waals surface area contributed by atoms with Crippen LogP contribution in [0.5, 0.6) is 0 Å². The summed E-state index contributed by atoms with van der Waals surface area (Å²) < 4.78 is 13.6. The number of β-amino-alcohol motifs (C(OH)–C–C–N with tert-alkyl or cyclic N) is 1. The molecule has 0 atom stereocenters. The van der Waals surface area contributed by atoms with Crippen molar-refractivity contribution in [3.63, 3.8) is 0 Å². The second-order valence-corrected chi connectivity index (χ2v) is 7.67. The molecule has 2 fully saturated rings. The molecule has 0 bridgehead atoms. The Bertz CT molecular complexity index is 579. The number of carbonyl (C=O) groups excluding carboxylic acids is 1. The number of benzene rings is 1. The Kier molecular flexibility index (Phi) is 6.07. The third-order valence-electron chi connectivity index (χ3n) is 5.56. The molecule has 1 amide bonds. The maximum Gasteiger partial charge on any atom is 0.224 e. The van der Waals surface area contributed by atoms with Crippen molar-refractivity contribution in [2.45, 2.75) is 63.0 Å². The van der Waals surface area contributed by atoms with Gasteiger partial charge in [-0.25, -0.2) is 4.39 Å². The van der Waals surface area contributed by atoms with E-state index < -0.39 is 5.60 Å². The van der Waals surface area contributed by atoms with Gasteiger partial charge in [0.25, 0.3) is 0 Å². The molecule has 0 aromatic heterocycles. The molecular weight excluding hydrogens is 319 g/mol. The van der Waals surface area contributed by atoms with E-state index in [0.29, 0.717) is 5.56 Å². The minimum Gasteiger partial charge on any atom is -0.389 e. The maximum absolute atomic E-state index is 13.6. The van der Waals surface area contributed by atoms with Crippen LogP contribution in [0.4, 0.5) is 4.39 Å². The molecule has 25 heavy (non-hydrogen) atoms. The largest absolute Gasteiger partial charge is 0.389 e. The summed E-state index contributed by atoms with van der Waals surface area (Å²) >= 11 is 0. The fourth-order valence-electron chi connectivity index (χ4n) is 4.11. The zero-order valence-electron chi connectivity index (χ0n) is 14.8. The summed E-state index contributed by atoms with van der Waals surface area (Å²) in [5, 5.41) is 13.7. The summed E-state index contributed by atoms with van der Waals surface area (Å²) in [6, 6.07) is 6.57. The first-order chi connectivity index (χ1) is 12.0. The lowest BCUT2D eigenvalue weighted by Gasteiger charge is -2.40. The number of likely N-dealkylation sites (tertiary alicyclic amines) is 1. The molecule has 0 radical (unpaired) electrons. The zero-order valence-corrected chi connectivity index (χ0v) is 14.8. The predicted octanol–water partition coefficient (Wildman–Crippen LogP) is 2.64. The van der Waals surface area contributed by atoms with Gasteiger partial charge in [-0.3, -0.25) is 4.79 Å². The van der Waals surface area contributed by atoms with Crippen LogP contribution in [0.2, 0.25) is 0 Å². The number of aliphatic hydroxyl groups is 1. The summed E-state index contributed by atoms with van der Waals surface area (Å²) in [6.45, 7) is 2.54. The van der Waals surface area contributed by atoms with E-state index in [2.05, 4.69) is 10.2 Å². The Labute approximate surface area is 149 Å². The predicted molar refractivity (Wildman–Crippen MR) is 95.7 cm³/mol. The second kappa shape index (κ2) is 8.28. The molecule has 1 heterocycles. The standard InChI is InChI=1S/C20H29FN2O2/c21-18-7-3-2-6-16(18)14-19(24)22-17-8-12-23(13-9-17)15-20(25)10-4-1-5-11-20/h2-3,6-7,17,25H,1,4-5,8-15H2,(H,22,24). The lowest BCUT2D eigenvalue weighted by Crippen LogP contribution is -2.50. The molecule has 1 aliphatic carbocycles.